The summed E-state index contributed by atoms with van der Waals surface area (Å²) in [5.74, 6) is 1.01. The number of ether oxygens (including phenoxy) is 1. The number of nitrogens with zero attached hydrogens (tertiary/aromatic N) is 4. The van der Waals surface area contributed by atoms with Crippen LogP contribution in [-0.2, 0) is 6.54 Å². The predicted molar refractivity (Wildman–Crippen MR) is 113 cm³/mol. The molecule has 0 saturated heterocycles. The number of hydrogen-bond donors (Lipinski definition) is 1. The van der Waals surface area contributed by atoms with Crippen LogP contribution >= 0.6 is 0 Å². The number of carbonyl (C=O) groups excluding carboxylic acids is 1. The van der Waals surface area contributed by atoms with Crippen molar-refractivity contribution in [1.29, 1.82) is 0 Å². The largest absolute Gasteiger partial charge is 0.492 e. The van der Waals surface area contributed by atoms with E-state index in [9.17, 15) is 9.59 Å². The van der Waals surface area contributed by atoms with Gasteiger partial charge in [-0.1, -0.05) is 35.5 Å². The Morgan fingerprint density at radius 2 is 1.84 bits per heavy atom. The van der Waals surface area contributed by atoms with E-state index in [2.05, 4.69) is 20.6 Å². The molecule has 0 saturated carbocycles. The number of para-hydroxylation sites is 2. The van der Waals surface area contributed by atoms with Gasteiger partial charge in [0.1, 0.15) is 18.1 Å². The molecule has 0 atom stereocenters. The van der Waals surface area contributed by atoms with Crippen molar-refractivity contribution in [3.63, 3.8) is 0 Å². The van der Waals surface area contributed by atoms with Gasteiger partial charge in [-0.15, -0.1) is 0 Å². The van der Waals surface area contributed by atoms with Crippen molar-refractivity contribution in [1.82, 2.24) is 19.9 Å². The van der Waals surface area contributed by atoms with Crippen LogP contribution < -0.4 is 15.6 Å². The zero-order valence-electron chi connectivity index (χ0n) is 16.7. The first-order chi connectivity index (χ1) is 15.1. The van der Waals surface area contributed by atoms with Crippen LogP contribution in [0.1, 0.15) is 16.4 Å². The van der Waals surface area contributed by atoms with Crippen LogP contribution in [0.15, 0.2) is 76.0 Å². The summed E-state index contributed by atoms with van der Waals surface area (Å²) in [5.41, 5.74) is 0.881. The topological polar surface area (TPSA) is 112 Å². The van der Waals surface area contributed by atoms with E-state index in [4.69, 9.17) is 9.26 Å². The normalized spacial score (nSPS) is 10.6. The first-order valence-corrected chi connectivity index (χ1v) is 9.57. The third kappa shape index (κ3) is 4.84. The van der Waals surface area contributed by atoms with Crippen molar-refractivity contribution in [2.45, 2.75) is 13.5 Å². The average molecular weight is 417 g/mol. The van der Waals surface area contributed by atoms with Crippen LogP contribution in [0, 0.1) is 6.92 Å². The highest BCUT2D eigenvalue weighted by Gasteiger charge is 2.15. The lowest BCUT2D eigenvalue weighted by atomic mass is 10.1. The standard InChI is InChI=1S/C22H19N5O4/c1-15-23-21(26-31-15)17-9-5-6-10-18(17)24-22(29)19-11-12-20(28)27(25-19)13-14-30-16-7-3-2-4-8-16/h2-12H,13-14H2,1H3,(H,24,29). The number of nitrogens with one attached hydrogen (secondary N) is 1. The maximum Gasteiger partial charge on any atom is 0.276 e. The molecule has 9 nitrogen and oxygen atoms in total. The quantitative estimate of drug-likeness (QED) is 0.492. The highest BCUT2D eigenvalue weighted by Crippen LogP contribution is 2.25. The fraction of sp³-hybridized carbons (Fsp3) is 0.136. The monoisotopic (exact) mass is 417 g/mol. The predicted octanol–water partition coefficient (Wildman–Crippen LogP) is 2.93. The smallest absolute Gasteiger partial charge is 0.276 e. The Bertz CT molecular complexity index is 1250. The van der Waals surface area contributed by atoms with E-state index in [1.807, 2.05) is 36.4 Å². The van der Waals surface area contributed by atoms with E-state index in [0.29, 0.717) is 28.7 Å². The minimum Gasteiger partial charge on any atom is -0.492 e. The van der Waals surface area contributed by atoms with Crippen LogP contribution in [0.4, 0.5) is 5.69 Å². The molecule has 0 bridgehead atoms. The van der Waals surface area contributed by atoms with Gasteiger partial charge in [0.05, 0.1) is 12.2 Å². The molecule has 2 heterocycles. The van der Waals surface area contributed by atoms with Crippen LogP contribution in [0.5, 0.6) is 5.75 Å². The number of aryl methyl sites for hydroxylation is 1. The molecule has 0 aliphatic rings. The molecule has 0 unspecified atom stereocenters. The molecule has 1 N–H and O–H groups in total. The number of anilines is 1. The fourth-order valence-corrected chi connectivity index (χ4v) is 2.88. The molecule has 2 aromatic heterocycles. The Hall–Kier alpha value is -4.27. The second-order valence-electron chi connectivity index (χ2n) is 6.58. The SMILES string of the molecule is Cc1nc(-c2ccccc2NC(=O)c2ccc(=O)n(CCOc3ccccc3)n2)no1. The van der Waals surface area contributed by atoms with E-state index < -0.39 is 5.91 Å². The molecule has 9 heteroatoms. The zero-order valence-corrected chi connectivity index (χ0v) is 16.7. The highest BCUT2D eigenvalue weighted by molar-refractivity contribution is 6.04. The Kier molecular flexibility index (Phi) is 5.84. The van der Waals surface area contributed by atoms with Crippen molar-refractivity contribution in [3.8, 4) is 17.1 Å². The molecular weight excluding hydrogens is 398 g/mol. The van der Waals surface area contributed by atoms with Gasteiger partial charge in [-0.3, -0.25) is 9.59 Å². The van der Waals surface area contributed by atoms with E-state index in [-0.39, 0.29) is 24.4 Å². The first kappa shape index (κ1) is 20.0. The van der Waals surface area contributed by atoms with Crippen LogP contribution in [0.3, 0.4) is 0 Å². The van der Waals surface area contributed by atoms with Gasteiger partial charge in [-0.2, -0.15) is 10.1 Å². The summed E-state index contributed by atoms with van der Waals surface area (Å²) in [5, 5.41) is 10.9. The fourth-order valence-electron chi connectivity index (χ4n) is 2.88. The molecule has 4 rings (SSSR count). The van der Waals surface area contributed by atoms with Crippen molar-refractivity contribution < 1.29 is 14.1 Å². The molecule has 156 valence electrons. The van der Waals surface area contributed by atoms with Gasteiger partial charge in [-0.05, 0) is 30.3 Å². The second-order valence-corrected chi connectivity index (χ2v) is 6.58. The second kappa shape index (κ2) is 9.04. The molecule has 0 fully saturated rings. The number of benzene rings is 2. The minimum absolute atomic E-state index is 0.0957. The van der Waals surface area contributed by atoms with Gasteiger partial charge < -0.3 is 14.6 Å². The summed E-state index contributed by atoms with van der Waals surface area (Å²) in [7, 11) is 0. The number of rotatable bonds is 7. The summed E-state index contributed by atoms with van der Waals surface area (Å²) in [4.78, 5) is 29.1. The summed E-state index contributed by atoms with van der Waals surface area (Å²) >= 11 is 0. The summed E-state index contributed by atoms with van der Waals surface area (Å²) in [6, 6.07) is 19.0. The molecule has 4 aromatic rings. The number of amides is 1. The number of hydrogen-bond acceptors (Lipinski definition) is 7. The third-order valence-corrected chi connectivity index (χ3v) is 4.36. The minimum atomic E-state index is -0.467. The van der Waals surface area contributed by atoms with Gasteiger partial charge in [0, 0.05) is 18.6 Å². The van der Waals surface area contributed by atoms with Gasteiger partial charge >= 0.3 is 0 Å². The molecular formula is C22H19N5O4. The van der Waals surface area contributed by atoms with E-state index in [1.165, 1.54) is 16.8 Å². The summed E-state index contributed by atoms with van der Waals surface area (Å²) < 4.78 is 11.8. The van der Waals surface area contributed by atoms with Gasteiger partial charge in [-0.25, -0.2) is 4.68 Å². The lowest BCUT2D eigenvalue weighted by molar-refractivity contribution is 0.101. The first-order valence-electron chi connectivity index (χ1n) is 9.57. The van der Waals surface area contributed by atoms with Crippen molar-refractivity contribution in [2.24, 2.45) is 0 Å². The maximum atomic E-state index is 12.8. The Balaban J connectivity index is 1.48. The van der Waals surface area contributed by atoms with Crippen LogP contribution in [-0.4, -0.2) is 32.4 Å². The van der Waals surface area contributed by atoms with Crippen LogP contribution in [0.2, 0.25) is 0 Å². The van der Waals surface area contributed by atoms with Crippen molar-refractivity contribution in [3.05, 3.63) is 88.7 Å². The number of aromatic nitrogens is 4. The Morgan fingerprint density at radius 3 is 2.61 bits per heavy atom. The van der Waals surface area contributed by atoms with Crippen molar-refractivity contribution >= 4 is 11.6 Å². The third-order valence-electron chi connectivity index (χ3n) is 4.36. The van der Waals surface area contributed by atoms with Gasteiger partial charge in [0.15, 0.2) is 0 Å². The van der Waals surface area contributed by atoms with E-state index in [0.717, 1.165) is 0 Å². The lowest BCUT2D eigenvalue weighted by Crippen LogP contribution is -2.28. The van der Waals surface area contributed by atoms with Crippen LogP contribution in [0.25, 0.3) is 11.4 Å². The molecule has 0 aliphatic heterocycles. The zero-order chi connectivity index (χ0) is 21.6. The molecule has 31 heavy (non-hydrogen) atoms. The Morgan fingerprint density at radius 1 is 1.06 bits per heavy atom. The molecule has 2 aromatic carbocycles. The van der Waals surface area contributed by atoms with Crippen molar-refractivity contribution in [2.75, 3.05) is 11.9 Å². The van der Waals surface area contributed by atoms with E-state index >= 15 is 0 Å². The molecule has 0 spiro atoms. The molecule has 1 amide bonds. The van der Waals surface area contributed by atoms with E-state index in [1.54, 1.807) is 25.1 Å². The summed E-state index contributed by atoms with van der Waals surface area (Å²) in [6.45, 7) is 2.13. The number of carbonyl (C=O) groups is 1. The Labute approximate surface area is 177 Å². The highest BCUT2D eigenvalue weighted by atomic mass is 16.5. The van der Waals surface area contributed by atoms with Gasteiger partial charge in [0.25, 0.3) is 11.5 Å². The molecule has 0 aliphatic carbocycles. The molecule has 0 radical (unpaired) electrons. The lowest BCUT2D eigenvalue weighted by Gasteiger charge is -2.10. The maximum absolute atomic E-state index is 12.8. The van der Waals surface area contributed by atoms with Gasteiger partial charge in [0.2, 0.25) is 11.7 Å². The average Bonchev–Trinajstić information content (AvgIpc) is 3.22. The summed E-state index contributed by atoms with van der Waals surface area (Å²) in [6.07, 6.45) is 0.